The summed E-state index contributed by atoms with van der Waals surface area (Å²) in [7, 11) is 0. The zero-order valence-electron chi connectivity index (χ0n) is 7.52. The first-order chi connectivity index (χ1) is 6.79. The molecule has 2 N–H and O–H groups in total. The SMILES string of the molecule is NCc1ccn(-c2cccc(I)c2)n1. The quantitative estimate of drug-likeness (QED) is 0.861. The molecule has 3 nitrogen and oxygen atoms in total. The molecule has 2 aromatic rings. The molecule has 0 aliphatic carbocycles. The first kappa shape index (κ1) is 9.67. The standard InChI is InChI=1S/C10H10IN3/c11-8-2-1-3-10(6-8)14-5-4-9(7-12)13-14/h1-6H,7,12H2. The second kappa shape index (κ2) is 4.10. The highest BCUT2D eigenvalue weighted by molar-refractivity contribution is 14.1. The summed E-state index contributed by atoms with van der Waals surface area (Å²) in [5.41, 5.74) is 7.47. The fourth-order valence-corrected chi connectivity index (χ4v) is 1.76. The third-order valence-corrected chi connectivity index (χ3v) is 2.60. The van der Waals surface area contributed by atoms with E-state index in [4.69, 9.17) is 5.73 Å². The Labute approximate surface area is 96.1 Å². The smallest absolute Gasteiger partial charge is 0.0764 e. The van der Waals surface area contributed by atoms with Crippen LogP contribution in [0.5, 0.6) is 0 Å². The van der Waals surface area contributed by atoms with Crippen LogP contribution in [0.2, 0.25) is 0 Å². The molecule has 0 amide bonds. The van der Waals surface area contributed by atoms with Crippen LogP contribution >= 0.6 is 22.6 Å². The number of halogens is 1. The number of rotatable bonds is 2. The summed E-state index contributed by atoms with van der Waals surface area (Å²) in [6, 6.07) is 10.1. The molecule has 1 aromatic heterocycles. The molecule has 72 valence electrons. The van der Waals surface area contributed by atoms with Gasteiger partial charge in [0.25, 0.3) is 0 Å². The molecule has 0 bridgehead atoms. The third-order valence-electron chi connectivity index (χ3n) is 1.93. The fraction of sp³-hybridized carbons (Fsp3) is 0.100. The molecule has 0 atom stereocenters. The van der Waals surface area contributed by atoms with Gasteiger partial charge in [-0.1, -0.05) is 6.07 Å². The normalized spacial score (nSPS) is 10.4. The lowest BCUT2D eigenvalue weighted by Gasteiger charge is -2.00. The minimum Gasteiger partial charge on any atom is -0.325 e. The average molecular weight is 299 g/mol. The van der Waals surface area contributed by atoms with Crippen molar-refractivity contribution in [3.63, 3.8) is 0 Å². The molecule has 0 unspecified atom stereocenters. The van der Waals surface area contributed by atoms with Crippen LogP contribution in [0.25, 0.3) is 5.69 Å². The molecule has 0 radical (unpaired) electrons. The number of benzene rings is 1. The third kappa shape index (κ3) is 1.96. The van der Waals surface area contributed by atoms with E-state index in [9.17, 15) is 0 Å². The predicted octanol–water partition coefficient (Wildman–Crippen LogP) is 1.94. The van der Waals surface area contributed by atoms with Crippen LogP contribution in [0.1, 0.15) is 5.69 Å². The van der Waals surface area contributed by atoms with Crippen LogP contribution < -0.4 is 5.73 Å². The first-order valence-corrected chi connectivity index (χ1v) is 5.38. The van der Waals surface area contributed by atoms with Gasteiger partial charge in [0.15, 0.2) is 0 Å². The van der Waals surface area contributed by atoms with Crippen molar-refractivity contribution in [2.45, 2.75) is 6.54 Å². The Kier molecular flexibility index (Phi) is 2.83. The van der Waals surface area contributed by atoms with Gasteiger partial charge in [0.1, 0.15) is 0 Å². The molecule has 0 aliphatic heterocycles. The summed E-state index contributed by atoms with van der Waals surface area (Å²) < 4.78 is 3.04. The van der Waals surface area contributed by atoms with Crippen LogP contribution in [0.3, 0.4) is 0 Å². The van der Waals surface area contributed by atoms with Gasteiger partial charge in [-0.2, -0.15) is 5.10 Å². The van der Waals surface area contributed by atoms with E-state index in [1.54, 1.807) is 0 Å². The molecular weight excluding hydrogens is 289 g/mol. The Hall–Kier alpha value is -0.880. The maximum absolute atomic E-state index is 5.49. The van der Waals surface area contributed by atoms with Crippen molar-refractivity contribution in [1.82, 2.24) is 9.78 Å². The zero-order valence-corrected chi connectivity index (χ0v) is 9.68. The van der Waals surface area contributed by atoms with Crippen LogP contribution in [-0.2, 0) is 6.54 Å². The van der Waals surface area contributed by atoms with E-state index in [1.165, 1.54) is 3.57 Å². The van der Waals surface area contributed by atoms with Crippen LogP contribution in [0, 0.1) is 3.57 Å². The molecule has 0 spiro atoms. The molecule has 0 aliphatic rings. The van der Waals surface area contributed by atoms with Gasteiger partial charge in [0.05, 0.1) is 11.4 Å². The van der Waals surface area contributed by atoms with Crippen molar-refractivity contribution in [1.29, 1.82) is 0 Å². The Balaban J connectivity index is 2.39. The van der Waals surface area contributed by atoms with Crippen molar-refractivity contribution in [2.75, 3.05) is 0 Å². The summed E-state index contributed by atoms with van der Waals surface area (Å²) in [6.07, 6.45) is 1.92. The van der Waals surface area contributed by atoms with Gasteiger partial charge >= 0.3 is 0 Å². The van der Waals surface area contributed by atoms with Crippen LogP contribution in [0.4, 0.5) is 0 Å². The lowest BCUT2D eigenvalue weighted by molar-refractivity contribution is 0.833. The molecule has 1 heterocycles. The maximum atomic E-state index is 5.49. The van der Waals surface area contributed by atoms with Gasteiger partial charge < -0.3 is 5.73 Å². The number of nitrogens with two attached hydrogens (primary N) is 1. The lowest BCUT2D eigenvalue weighted by atomic mass is 10.3. The van der Waals surface area contributed by atoms with E-state index in [0.717, 1.165) is 11.4 Å². The minimum atomic E-state index is 0.483. The number of hydrogen-bond acceptors (Lipinski definition) is 2. The van der Waals surface area contributed by atoms with Gasteiger partial charge in [-0.3, -0.25) is 0 Å². The topological polar surface area (TPSA) is 43.8 Å². The zero-order chi connectivity index (χ0) is 9.97. The van der Waals surface area contributed by atoms with Crippen molar-refractivity contribution >= 4 is 22.6 Å². The minimum absolute atomic E-state index is 0.483. The lowest BCUT2D eigenvalue weighted by Crippen LogP contribution is -2.00. The van der Waals surface area contributed by atoms with E-state index in [0.29, 0.717) is 6.54 Å². The average Bonchev–Trinajstić information content (AvgIpc) is 2.66. The Morgan fingerprint density at radius 3 is 2.86 bits per heavy atom. The fourth-order valence-electron chi connectivity index (χ4n) is 1.23. The predicted molar refractivity (Wildman–Crippen MR) is 64.2 cm³/mol. The van der Waals surface area contributed by atoms with Gasteiger partial charge in [0.2, 0.25) is 0 Å². The van der Waals surface area contributed by atoms with E-state index < -0.39 is 0 Å². The second-order valence-corrected chi connectivity index (χ2v) is 4.18. The maximum Gasteiger partial charge on any atom is 0.0764 e. The van der Waals surface area contributed by atoms with Gasteiger partial charge in [-0.15, -0.1) is 0 Å². The van der Waals surface area contributed by atoms with Crippen molar-refractivity contribution < 1.29 is 0 Å². The van der Waals surface area contributed by atoms with Crippen molar-refractivity contribution in [3.05, 3.63) is 45.8 Å². The van der Waals surface area contributed by atoms with E-state index in [1.807, 2.05) is 29.1 Å². The molecule has 0 saturated heterocycles. The second-order valence-electron chi connectivity index (χ2n) is 2.94. The summed E-state index contributed by atoms with van der Waals surface area (Å²) in [4.78, 5) is 0. The monoisotopic (exact) mass is 299 g/mol. The Bertz CT molecular complexity index is 436. The largest absolute Gasteiger partial charge is 0.325 e. The highest BCUT2D eigenvalue weighted by atomic mass is 127. The van der Waals surface area contributed by atoms with Crippen molar-refractivity contribution in [3.8, 4) is 5.69 Å². The number of nitrogens with zero attached hydrogens (tertiary/aromatic N) is 2. The Morgan fingerprint density at radius 1 is 1.36 bits per heavy atom. The van der Waals surface area contributed by atoms with E-state index >= 15 is 0 Å². The number of aromatic nitrogens is 2. The summed E-state index contributed by atoms with van der Waals surface area (Å²) in [5.74, 6) is 0. The van der Waals surface area contributed by atoms with Crippen LogP contribution in [-0.4, -0.2) is 9.78 Å². The van der Waals surface area contributed by atoms with E-state index in [2.05, 4.69) is 39.8 Å². The summed E-state index contributed by atoms with van der Waals surface area (Å²) in [6.45, 7) is 0.483. The van der Waals surface area contributed by atoms with Crippen LogP contribution in [0.15, 0.2) is 36.5 Å². The Morgan fingerprint density at radius 2 is 2.21 bits per heavy atom. The van der Waals surface area contributed by atoms with E-state index in [-0.39, 0.29) is 0 Å². The molecule has 14 heavy (non-hydrogen) atoms. The highest BCUT2D eigenvalue weighted by Gasteiger charge is 1.99. The summed E-state index contributed by atoms with van der Waals surface area (Å²) >= 11 is 2.28. The molecule has 1 aromatic carbocycles. The summed E-state index contributed by atoms with van der Waals surface area (Å²) in [5, 5.41) is 4.33. The van der Waals surface area contributed by atoms with Crippen molar-refractivity contribution in [2.24, 2.45) is 5.73 Å². The number of hydrogen-bond donors (Lipinski definition) is 1. The highest BCUT2D eigenvalue weighted by Crippen LogP contribution is 2.11. The van der Waals surface area contributed by atoms with Gasteiger partial charge in [-0.05, 0) is 46.9 Å². The molecule has 0 saturated carbocycles. The molecular formula is C10H10IN3. The van der Waals surface area contributed by atoms with Gasteiger partial charge in [0, 0.05) is 16.3 Å². The molecule has 0 fully saturated rings. The molecule has 2 rings (SSSR count). The van der Waals surface area contributed by atoms with Gasteiger partial charge in [-0.25, -0.2) is 4.68 Å². The first-order valence-electron chi connectivity index (χ1n) is 4.30. The molecule has 4 heteroatoms.